The summed E-state index contributed by atoms with van der Waals surface area (Å²) in [5.74, 6) is -2.36. The number of amides is 2. The maximum Gasteiger partial charge on any atom is 0.326 e. The molecule has 4 N–H and O–H groups in total. The zero-order valence-corrected chi connectivity index (χ0v) is 17.5. The van der Waals surface area contributed by atoms with E-state index in [1.807, 2.05) is 24.3 Å². The van der Waals surface area contributed by atoms with Gasteiger partial charge in [0.2, 0.25) is 11.8 Å². The van der Waals surface area contributed by atoms with E-state index in [1.165, 1.54) is 24.3 Å². The lowest BCUT2D eigenvalue weighted by atomic mass is 10.0. The first-order valence-electron chi connectivity index (χ1n) is 9.58. The lowest BCUT2D eigenvalue weighted by Gasteiger charge is -2.17. The van der Waals surface area contributed by atoms with Crippen molar-refractivity contribution in [1.29, 1.82) is 0 Å². The smallest absolute Gasteiger partial charge is 0.326 e. The number of aliphatic carboxylic acids is 1. The molecule has 0 aliphatic rings. The number of fused-ring (bicyclic) bond motifs is 1. The zero-order chi connectivity index (χ0) is 22.4. The fraction of sp³-hybridized carbons (Fsp3) is 0.227. The molecular weight excluding hydrogens is 421 g/mol. The molecule has 0 aliphatic heterocycles. The number of nitrogens with one attached hydrogen (secondary N) is 3. The van der Waals surface area contributed by atoms with Crippen LogP contribution in [-0.2, 0) is 20.8 Å². The normalized spacial score (nSPS) is 12.8. The molecule has 0 fully saturated rings. The molecule has 1 heterocycles. The standard InChI is InChI=1S/C22H22FN3O4S/c1-13(31-12-20(27)25-16-8-6-15(23)7-9-16)21(28)26-19(22(29)30)10-14-11-24-18-5-3-2-4-17(14)18/h2-9,11,13,19,24H,10,12H2,1H3,(H,25,27)(H,26,28)(H,29,30). The first kappa shape index (κ1) is 22.4. The molecule has 31 heavy (non-hydrogen) atoms. The van der Waals surface area contributed by atoms with E-state index in [-0.39, 0.29) is 18.1 Å². The number of benzene rings is 2. The summed E-state index contributed by atoms with van der Waals surface area (Å²) in [6.07, 6.45) is 1.87. The number of carboxylic acids is 1. The van der Waals surface area contributed by atoms with Gasteiger partial charge in [0.15, 0.2) is 0 Å². The number of rotatable bonds is 9. The number of carbonyl (C=O) groups excluding carboxylic acids is 2. The summed E-state index contributed by atoms with van der Waals surface area (Å²) >= 11 is 1.08. The Balaban J connectivity index is 1.53. The Morgan fingerprint density at radius 3 is 2.55 bits per heavy atom. The van der Waals surface area contributed by atoms with Crippen LogP contribution in [0, 0.1) is 5.82 Å². The number of carboxylic acid groups (broad SMARTS) is 1. The van der Waals surface area contributed by atoms with Crippen molar-refractivity contribution < 1.29 is 23.9 Å². The molecule has 7 nitrogen and oxygen atoms in total. The molecule has 0 radical (unpaired) electrons. The van der Waals surface area contributed by atoms with Crippen LogP contribution in [0.25, 0.3) is 10.9 Å². The molecule has 0 saturated carbocycles. The Morgan fingerprint density at radius 2 is 1.84 bits per heavy atom. The summed E-state index contributed by atoms with van der Waals surface area (Å²) in [5.41, 5.74) is 2.14. The number of hydrogen-bond acceptors (Lipinski definition) is 4. The zero-order valence-electron chi connectivity index (χ0n) is 16.7. The van der Waals surface area contributed by atoms with E-state index in [0.29, 0.717) is 5.69 Å². The van der Waals surface area contributed by atoms with Crippen LogP contribution < -0.4 is 10.6 Å². The highest BCUT2D eigenvalue weighted by Crippen LogP contribution is 2.20. The Labute approximate surface area is 182 Å². The van der Waals surface area contributed by atoms with Gasteiger partial charge in [-0.3, -0.25) is 9.59 Å². The van der Waals surface area contributed by atoms with Crippen molar-refractivity contribution in [3.63, 3.8) is 0 Å². The maximum absolute atomic E-state index is 12.9. The van der Waals surface area contributed by atoms with Gasteiger partial charge in [-0.2, -0.15) is 0 Å². The van der Waals surface area contributed by atoms with Gasteiger partial charge in [-0.25, -0.2) is 9.18 Å². The van der Waals surface area contributed by atoms with Gasteiger partial charge in [0.25, 0.3) is 0 Å². The van der Waals surface area contributed by atoms with Crippen molar-refractivity contribution in [2.45, 2.75) is 24.6 Å². The summed E-state index contributed by atoms with van der Waals surface area (Å²) in [6.45, 7) is 1.61. The lowest BCUT2D eigenvalue weighted by Crippen LogP contribution is -2.45. The van der Waals surface area contributed by atoms with Crippen LogP contribution in [0.15, 0.2) is 54.7 Å². The van der Waals surface area contributed by atoms with Crippen molar-refractivity contribution >= 4 is 46.1 Å². The van der Waals surface area contributed by atoms with Gasteiger partial charge in [0.1, 0.15) is 11.9 Å². The highest BCUT2D eigenvalue weighted by molar-refractivity contribution is 8.01. The monoisotopic (exact) mass is 443 g/mol. The summed E-state index contributed by atoms with van der Waals surface area (Å²) in [6, 6.07) is 11.8. The molecule has 0 bridgehead atoms. The Hall–Kier alpha value is -3.33. The molecule has 9 heteroatoms. The highest BCUT2D eigenvalue weighted by Gasteiger charge is 2.25. The molecule has 2 amide bonds. The van der Waals surface area contributed by atoms with Crippen LogP contribution in [0.3, 0.4) is 0 Å². The van der Waals surface area contributed by atoms with Crippen molar-refractivity contribution in [3.8, 4) is 0 Å². The Kier molecular flexibility index (Phi) is 7.30. The molecule has 162 valence electrons. The van der Waals surface area contributed by atoms with E-state index in [2.05, 4.69) is 15.6 Å². The Bertz CT molecular complexity index is 1080. The molecule has 1 aromatic heterocycles. The van der Waals surface area contributed by atoms with Crippen molar-refractivity contribution in [1.82, 2.24) is 10.3 Å². The van der Waals surface area contributed by atoms with Crippen LogP contribution in [0.2, 0.25) is 0 Å². The van der Waals surface area contributed by atoms with Crippen molar-refractivity contribution in [3.05, 3.63) is 66.1 Å². The third-order valence-electron chi connectivity index (χ3n) is 4.68. The minimum absolute atomic E-state index is 0.00779. The summed E-state index contributed by atoms with van der Waals surface area (Å²) in [7, 11) is 0. The molecule has 2 aromatic carbocycles. The van der Waals surface area contributed by atoms with Crippen molar-refractivity contribution in [2.75, 3.05) is 11.1 Å². The molecular formula is C22H22FN3O4S. The van der Waals surface area contributed by atoms with E-state index in [1.54, 1.807) is 13.1 Å². The topological polar surface area (TPSA) is 111 Å². The van der Waals surface area contributed by atoms with E-state index in [4.69, 9.17) is 0 Å². The molecule has 3 aromatic rings. The molecule has 0 saturated heterocycles. The molecule has 2 atom stereocenters. The predicted molar refractivity (Wildman–Crippen MR) is 119 cm³/mol. The quantitative estimate of drug-likeness (QED) is 0.406. The second kappa shape index (κ2) is 10.1. The van der Waals surface area contributed by atoms with E-state index in [0.717, 1.165) is 28.2 Å². The molecule has 2 unspecified atom stereocenters. The Morgan fingerprint density at radius 1 is 1.13 bits per heavy atom. The number of carbonyl (C=O) groups is 3. The van der Waals surface area contributed by atoms with Gasteiger partial charge < -0.3 is 20.7 Å². The minimum atomic E-state index is -1.13. The van der Waals surface area contributed by atoms with E-state index >= 15 is 0 Å². The number of hydrogen-bond donors (Lipinski definition) is 4. The van der Waals surface area contributed by atoms with E-state index < -0.39 is 29.0 Å². The maximum atomic E-state index is 12.9. The number of aromatic amines is 1. The summed E-state index contributed by atoms with van der Waals surface area (Å²) < 4.78 is 12.9. The largest absolute Gasteiger partial charge is 0.480 e. The third kappa shape index (κ3) is 6.08. The van der Waals surface area contributed by atoms with E-state index in [9.17, 15) is 23.9 Å². The van der Waals surface area contributed by atoms with Crippen LogP contribution >= 0.6 is 11.8 Å². The number of para-hydroxylation sites is 1. The summed E-state index contributed by atoms with van der Waals surface area (Å²) in [4.78, 5) is 39.3. The number of anilines is 1. The SMILES string of the molecule is CC(SCC(=O)Nc1ccc(F)cc1)C(=O)NC(Cc1c[nH]c2ccccc12)C(=O)O. The molecule has 0 aliphatic carbocycles. The predicted octanol–water partition coefficient (Wildman–Crippen LogP) is 3.18. The first-order valence-corrected chi connectivity index (χ1v) is 10.6. The number of halogens is 1. The minimum Gasteiger partial charge on any atom is -0.480 e. The summed E-state index contributed by atoms with van der Waals surface area (Å²) in [5, 5.41) is 15.0. The van der Waals surface area contributed by atoms with Gasteiger partial charge in [-0.15, -0.1) is 11.8 Å². The lowest BCUT2D eigenvalue weighted by molar-refractivity contribution is -0.141. The average molecular weight is 444 g/mol. The number of thioether (sulfide) groups is 1. The van der Waals surface area contributed by atoms with Gasteiger partial charge >= 0.3 is 5.97 Å². The highest BCUT2D eigenvalue weighted by atomic mass is 32.2. The van der Waals surface area contributed by atoms with Gasteiger partial charge in [0, 0.05) is 29.2 Å². The fourth-order valence-corrected chi connectivity index (χ4v) is 3.71. The van der Waals surface area contributed by atoms with Crippen molar-refractivity contribution in [2.24, 2.45) is 0 Å². The van der Waals surface area contributed by atoms with Crippen LogP contribution in [0.1, 0.15) is 12.5 Å². The van der Waals surface area contributed by atoms with Crippen LogP contribution in [-0.4, -0.2) is 44.9 Å². The van der Waals surface area contributed by atoms with Gasteiger partial charge in [0.05, 0.1) is 11.0 Å². The van der Waals surface area contributed by atoms with Gasteiger partial charge in [-0.1, -0.05) is 18.2 Å². The number of aromatic nitrogens is 1. The first-order chi connectivity index (χ1) is 14.8. The third-order valence-corrected chi connectivity index (χ3v) is 5.82. The fourth-order valence-electron chi connectivity index (χ4n) is 3.02. The number of H-pyrrole nitrogens is 1. The second-order valence-corrected chi connectivity index (χ2v) is 8.30. The molecule has 3 rings (SSSR count). The molecule has 0 spiro atoms. The average Bonchev–Trinajstić information content (AvgIpc) is 3.16. The van der Waals surface area contributed by atoms with Gasteiger partial charge in [-0.05, 0) is 42.8 Å². The second-order valence-electron chi connectivity index (χ2n) is 6.97. The van der Waals surface area contributed by atoms with Crippen LogP contribution in [0.5, 0.6) is 0 Å². The van der Waals surface area contributed by atoms with Crippen LogP contribution in [0.4, 0.5) is 10.1 Å².